The predicted molar refractivity (Wildman–Crippen MR) is 120 cm³/mol. The minimum Gasteiger partial charge on any atom is -0.369 e. The van der Waals surface area contributed by atoms with Crippen molar-refractivity contribution in [1.29, 1.82) is 0 Å². The van der Waals surface area contributed by atoms with Gasteiger partial charge in [0, 0.05) is 38.0 Å². The van der Waals surface area contributed by atoms with Gasteiger partial charge in [0.15, 0.2) is 17.3 Å². The number of likely N-dealkylation sites (N-methyl/N-ethyl adjacent to an activating group) is 1. The molecule has 2 atom stereocenters. The number of aromatic nitrogens is 1. The van der Waals surface area contributed by atoms with Crippen LogP contribution in [0.25, 0.3) is 11.1 Å². The summed E-state index contributed by atoms with van der Waals surface area (Å²) in [6.07, 6.45) is 2.64. The third-order valence-corrected chi connectivity index (χ3v) is 6.30. The van der Waals surface area contributed by atoms with Crippen LogP contribution >= 0.6 is 0 Å². The SMILES string of the molecule is CCC(=O)C1=CC([C@]2(c3cccc(-c4cc(F)cnc4F)c3)N=C(N)N(C)C2=O)CN1CCF. The Hall–Kier alpha value is -3.69. The molecule has 1 unspecified atom stereocenters. The van der Waals surface area contributed by atoms with Gasteiger partial charge in [-0.3, -0.25) is 14.5 Å². The number of carbonyl (C=O) groups is 2. The van der Waals surface area contributed by atoms with E-state index in [9.17, 15) is 22.8 Å². The number of aliphatic imine (C=N–C) groups is 1. The van der Waals surface area contributed by atoms with E-state index in [-0.39, 0.29) is 36.8 Å². The number of pyridine rings is 1. The normalized spacial score (nSPS) is 22.3. The van der Waals surface area contributed by atoms with Gasteiger partial charge in [-0.25, -0.2) is 18.8 Å². The van der Waals surface area contributed by atoms with E-state index >= 15 is 0 Å². The first kappa shape index (κ1) is 23.5. The van der Waals surface area contributed by atoms with Crippen LogP contribution in [0.3, 0.4) is 0 Å². The maximum absolute atomic E-state index is 14.4. The first-order valence-electron chi connectivity index (χ1n) is 10.8. The summed E-state index contributed by atoms with van der Waals surface area (Å²) in [5, 5.41) is 0. The summed E-state index contributed by atoms with van der Waals surface area (Å²) >= 11 is 0. The van der Waals surface area contributed by atoms with Gasteiger partial charge in [-0.15, -0.1) is 0 Å². The van der Waals surface area contributed by atoms with Crippen LogP contribution in [0, 0.1) is 17.7 Å². The monoisotopic (exact) mass is 471 g/mol. The van der Waals surface area contributed by atoms with E-state index in [0.717, 1.165) is 12.3 Å². The zero-order valence-electron chi connectivity index (χ0n) is 18.8. The van der Waals surface area contributed by atoms with Crippen LogP contribution < -0.4 is 5.73 Å². The number of Topliss-reactive ketones (excluding diaryl/α,β-unsaturated/α-hetero) is 1. The molecule has 1 aromatic carbocycles. The molecule has 1 aromatic heterocycles. The molecule has 0 radical (unpaired) electrons. The highest BCUT2D eigenvalue weighted by Crippen LogP contribution is 2.45. The van der Waals surface area contributed by atoms with Gasteiger partial charge in [0.05, 0.1) is 11.9 Å². The summed E-state index contributed by atoms with van der Waals surface area (Å²) in [4.78, 5) is 36.9. The van der Waals surface area contributed by atoms with Crippen molar-refractivity contribution in [2.45, 2.75) is 18.9 Å². The van der Waals surface area contributed by atoms with Crippen LogP contribution in [0.15, 0.2) is 53.3 Å². The summed E-state index contributed by atoms with van der Waals surface area (Å²) in [6, 6.07) is 7.38. The van der Waals surface area contributed by atoms with Gasteiger partial charge >= 0.3 is 0 Å². The van der Waals surface area contributed by atoms with Crippen LogP contribution in [0.4, 0.5) is 13.2 Å². The Morgan fingerprint density at radius 2 is 2.06 bits per heavy atom. The second-order valence-electron chi connectivity index (χ2n) is 8.24. The molecule has 3 heterocycles. The first-order valence-corrected chi connectivity index (χ1v) is 10.8. The summed E-state index contributed by atoms with van der Waals surface area (Å²) in [5.41, 5.74) is 5.41. The zero-order chi connectivity index (χ0) is 24.6. The van der Waals surface area contributed by atoms with Crippen molar-refractivity contribution in [1.82, 2.24) is 14.8 Å². The highest BCUT2D eigenvalue weighted by atomic mass is 19.1. The van der Waals surface area contributed by atoms with Gasteiger partial charge in [-0.2, -0.15) is 4.39 Å². The average molecular weight is 471 g/mol. The van der Waals surface area contributed by atoms with Crippen LogP contribution in [-0.4, -0.2) is 59.2 Å². The van der Waals surface area contributed by atoms with Crippen molar-refractivity contribution in [2.24, 2.45) is 16.6 Å². The summed E-state index contributed by atoms with van der Waals surface area (Å²) < 4.78 is 41.4. The predicted octanol–water partition coefficient (Wildman–Crippen LogP) is 2.77. The number of amides is 1. The number of ketones is 1. The second kappa shape index (κ2) is 8.92. The van der Waals surface area contributed by atoms with Crippen molar-refractivity contribution in [3.05, 3.63) is 65.6 Å². The minimum atomic E-state index is -1.56. The van der Waals surface area contributed by atoms with Gasteiger partial charge in [-0.1, -0.05) is 25.1 Å². The smallest absolute Gasteiger partial charge is 0.262 e. The highest BCUT2D eigenvalue weighted by molar-refractivity contribution is 6.07. The van der Waals surface area contributed by atoms with Crippen LogP contribution in [0.5, 0.6) is 0 Å². The standard InChI is InChI=1S/C24H24F3N5O2/c1-3-20(33)19-10-16(13-32(19)8-7-25)24(22(34)31(2)23(28)30-24)15-6-4-5-14(9-15)18-11-17(26)12-29-21(18)27/h4-6,9-12,16H,3,7-8,13H2,1-2H3,(H2,28,30)/t16?,24-/m0/s1. The molecule has 10 heteroatoms. The van der Waals surface area contributed by atoms with Crippen LogP contribution in [0.2, 0.25) is 0 Å². The topological polar surface area (TPSA) is 91.9 Å². The summed E-state index contributed by atoms with van der Waals surface area (Å²) in [5.74, 6) is -2.86. The molecule has 0 saturated heterocycles. The molecule has 7 nitrogen and oxygen atoms in total. The lowest BCUT2D eigenvalue weighted by Gasteiger charge is -2.32. The number of hydrogen-bond acceptors (Lipinski definition) is 6. The number of carbonyl (C=O) groups excluding carboxylic acids is 2. The van der Waals surface area contributed by atoms with Crippen molar-refractivity contribution in [3.8, 4) is 11.1 Å². The molecular formula is C24H24F3N5O2. The number of allylic oxidation sites excluding steroid dienone is 1. The Morgan fingerprint density at radius 3 is 2.71 bits per heavy atom. The van der Waals surface area contributed by atoms with Crippen molar-refractivity contribution >= 4 is 17.6 Å². The lowest BCUT2D eigenvalue weighted by atomic mass is 9.77. The van der Waals surface area contributed by atoms with E-state index in [4.69, 9.17) is 5.73 Å². The first-order chi connectivity index (χ1) is 16.2. The van der Waals surface area contributed by atoms with Crippen molar-refractivity contribution < 1.29 is 22.8 Å². The second-order valence-corrected chi connectivity index (χ2v) is 8.24. The van der Waals surface area contributed by atoms with E-state index in [1.807, 2.05) is 0 Å². The minimum absolute atomic E-state index is 0.00636. The molecule has 2 N–H and O–H groups in total. The maximum Gasteiger partial charge on any atom is 0.262 e. The van der Waals surface area contributed by atoms with Crippen molar-refractivity contribution in [2.75, 3.05) is 26.8 Å². The summed E-state index contributed by atoms with van der Waals surface area (Å²) in [6.45, 7) is 1.19. The molecule has 0 fully saturated rings. The molecule has 0 spiro atoms. The molecule has 2 aliphatic rings. The van der Waals surface area contributed by atoms with E-state index in [2.05, 4.69) is 9.98 Å². The van der Waals surface area contributed by atoms with Gasteiger partial charge in [-0.05, 0) is 29.3 Å². The fourth-order valence-electron chi connectivity index (χ4n) is 4.56. The number of nitrogens with two attached hydrogens (primary N) is 1. The Balaban J connectivity index is 1.88. The molecule has 2 aliphatic heterocycles. The molecule has 0 saturated carbocycles. The van der Waals surface area contributed by atoms with Crippen LogP contribution in [0.1, 0.15) is 18.9 Å². The van der Waals surface area contributed by atoms with E-state index in [0.29, 0.717) is 16.8 Å². The third-order valence-electron chi connectivity index (χ3n) is 6.30. The number of hydrogen-bond donors (Lipinski definition) is 1. The molecular weight excluding hydrogens is 447 g/mol. The lowest BCUT2D eigenvalue weighted by Crippen LogP contribution is -2.46. The number of nitrogens with zero attached hydrogens (tertiary/aromatic N) is 4. The van der Waals surface area contributed by atoms with Gasteiger partial charge < -0.3 is 10.6 Å². The number of alkyl halides is 1. The highest BCUT2D eigenvalue weighted by Gasteiger charge is 2.55. The molecule has 0 aliphatic carbocycles. The van der Waals surface area contributed by atoms with Gasteiger partial charge in [0.25, 0.3) is 5.91 Å². The van der Waals surface area contributed by atoms with Gasteiger partial charge in [0.2, 0.25) is 5.95 Å². The van der Waals surface area contributed by atoms with E-state index in [1.165, 1.54) is 11.9 Å². The lowest BCUT2D eigenvalue weighted by molar-refractivity contribution is -0.132. The largest absolute Gasteiger partial charge is 0.369 e. The van der Waals surface area contributed by atoms with Crippen LogP contribution in [-0.2, 0) is 15.1 Å². The fourth-order valence-corrected chi connectivity index (χ4v) is 4.56. The fraction of sp³-hybridized carbons (Fsp3) is 0.333. The zero-order valence-corrected chi connectivity index (χ0v) is 18.8. The quantitative estimate of drug-likeness (QED) is 0.627. The molecule has 1 amide bonds. The number of benzene rings is 1. The average Bonchev–Trinajstić information content (AvgIpc) is 3.36. The molecule has 0 bridgehead atoms. The Kier molecular flexibility index (Phi) is 6.16. The molecule has 34 heavy (non-hydrogen) atoms. The molecule has 4 rings (SSSR count). The van der Waals surface area contributed by atoms with E-state index < -0.39 is 35.8 Å². The Labute approximate surface area is 194 Å². The number of rotatable bonds is 7. The molecule has 178 valence electrons. The Morgan fingerprint density at radius 1 is 1.29 bits per heavy atom. The number of guanidine groups is 1. The summed E-state index contributed by atoms with van der Waals surface area (Å²) in [7, 11) is 1.49. The maximum atomic E-state index is 14.4. The van der Waals surface area contributed by atoms with Gasteiger partial charge in [0.1, 0.15) is 12.5 Å². The molecule has 2 aromatic rings. The van der Waals surface area contributed by atoms with E-state index in [1.54, 1.807) is 42.2 Å². The Bertz CT molecular complexity index is 1210. The third kappa shape index (κ3) is 3.72. The number of halogens is 3. The van der Waals surface area contributed by atoms with Crippen molar-refractivity contribution in [3.63, 3.8) is 0 Å².